The van der Waals surface area contributed by atoms with Crippen molar-refractivity contribution < 1.29 is 18.0 Å². The summed E-state index contributed by atoms with van der Waals surface area (Å²) < 4.78 is 39.0. The monoisotopic (exact) mass is 349 g/mol. The van der Waals surface area contributed by atoms with Gasteiger partial charge in [-0.25, -0.2) is 4.98 Å². The maximum absolute atomic E-state index is 13.0. The number of carbonyl (C=O) groups is 1. The molecule has 4 rings (SSSR count). The van der Waals surface area contributed by atoms with E-state index >= 15 is 0 Å². The number of hydrogen-bond donors (Lipinski definition) is 3. The number of fused-ring (bicyclic) bond motifs is 2. The van der Waals surface area contributed by atoms with E-state index in [0.29, 0.717) is 30.0 Å². The number of H-pyrrole nitrogens is 2. The molecular weight excluding hydrogens is 335 g/mol. The third-order valence-electron chi connectivity index (χ3n) is 4.42. The summed E-state index contributed by atoms with van der Waals surface area (Å²) in [5, 5.41) is 8.48. The predicted octanol–water partition coefficient (Wildman–Crippen LogP) is 3.05. The van der Waals surface area contributed by atoms with E-state index in [-0.39, 0.29) is 17.9 Å². The average molecular weight is 349 g/mol. The number of anilines is 1. The first-order chi connectivity index (χ1) is 11.9. The number of carbonyl (C=O) groups excluding carboxylic acids is 1. The number of benzene rings is 1. The number of halogens is 3. The van der Waals surface area contributed by atoms with E-state index in [1.165, 1.54) is 0 Å². The van der Waals surface area contributed by atoms with Crippen LogP contribution in [-0.2, 0) is 23.8 Å². The molecule has 3 N–H and O–H groups in total. The van der Waals surface area contributed by atoms with Crippen LogP contribution >= 0.6 is 0 Å². The maximum atomic E-state index is 13.0. The highest BCUT2D eigenvalue weighted by atomic mass is 19.4. The zero-order chi connectivity index (χ0) is 17.6. The quantitative estimate of drug-likeness (QED) is 0.665. The molecule has 0 bridgehead atoms. The average Bonchev–Trinajstić information content (AvgIpc) is 3.16. The number of nitrogens with one attached hydrogen (secondary N) is 3. The van der Waals surface area contributed by atoms with E-state index in [0.717, 1.165) is 5.52 Å². The molecule has 1 atom stereocenters. The largest absolute Gasteiger partial charge is 0.435 e. The molecule has 1 unspecified atom stereocenters. The molecule has 6 nitrogen and oxygen atoms in total. The molecule has 25 heavy (non-hydrogen) atoms. The van der Waals surface area contributed by atoms with E-state index in [9.17, 15) is 18.0 Å². The predicted molar refractivity (Wildman–Crippen MR) is 83.8 cm³/mol. The number of hydrogen-bond acceptors (Lipinski definition) is 3. The highest BCUT2D eigenvalue weighted by Gasteiger charge is 2.40. The van der Waals surface area contributed by atoms with Gasteiger partial charge in [0.1, 0.15) is 0 Å². The lowest BCUT2D eigenvalue weighted by molar-refractivity contribution is -0.142. The van der Waals surface area contributed by atoms with Crippen LogP contribution in [0.1, 0.15) is 23.4 Å². The van der Waals surface area contributed by atoms with Crippen molar-refractivity contribution in [2.24, 2.45) is 5.92 Å². The third-order valence-corrected chi connectivity index (χ3v) is 4.42. The zero-order valence-corrected chi connectivity index (χ0v) is 12.9. The SMILES string of the molecule is O=C(Nc1nc2ccccc2[nH]1)C1CCc2[nH]nc(C(F)(F)F)c2C1. The van der Waals surface area contributed by atoms with Gasteiger partial charge in [0.25, 0.3) is 0 Å². The van der Waals surface area contributed by atoms with Gasteiger partial charge in [0, 0.05) is 17.2 Å². The van der Waals surface area contributed by atoms with E-state index < -0.39 is 17.8 Å². The molecule has 2 heterocycles. The topological polar surface area (TPSA) is 86.5 Å². The van der Waals surface area contributed by atoms with Gasteiger partial charge >= 0.3 is 6.18 Å². The Hall–Kier alpha value is -2.84. The van der Waals surface area contributed by atoms with Crippen LogP contribution in [0.5, 0.6) is 0 Å². The highest BCUT2D eigenvalue weighted by molar-refractivity contribution is 5.93. The second-order valence-electron chi connectivity index (χ2n) is 6.06. The second-order valence-corrected chi connectivity index (χ2v) is 6.06. The summed E-state index contributed by atoms with van der Waals surface area (Å²) in [6.45, 7) is 0. The minimum atomic E-state index is -4.53. The molecule has 3 aromatic rings. The molecular formula is C16H14F3N5O. The van der Waals surface area contributed by atoms with Crippen molar-refractivity contribution in [3.05, 3.63) is 41.2 Å². The van der Waals surface area contributed by atoms with Crippen LogP contribution in [-0.4, -0.2) is 26.1 Å². The number of alkyl halides is 3. The van der Waals surface area contributed by atoms with Gasteiger partial charge in [0.05, 0.1) is 11.0 Å². The van der Waals surface area contributed by atoms with Crippen molar-refractivity contribution in [2.75, 3.05) is 5.32 Å². The zero-order valence-electron chi connectivity index (χ0n) is 12.9. The summed E-state index contributed by atoms with van der Waals surface area (Å²) in [5.74, 6) is -0.612. The van der Waals surface area contributed by atoms with Crippen molar-refractivity contribution in [1.82, 2.24) is 20.2 Å². The van der Waals surface area contributed by atoms with Crippen LogP contribution in [0.3, 0.4) is 0 Å². The molecule has 9 heteroatoms. The first kappa shape index (κ1) is 15.7. The number of para-hydroxylation sites is 2. The molecule has 1 aromatic carbocycles. The van der Waals surface area contributed by atoms with Gasteiger partial charge in [-0.2, -0.15) is 18.3 Å². The number of rotatable bonds is 2. The lowest BCUT2D eigenvalue weighted by Crippen LogP contribution is -2.29. The van der Waals surface area contributed by atoms with Crippen molar-refractivity contribution >= 4 is 22.9 Å². The summed E-state index contributed by atoms with van der Waals surface area (Å²) in [5.41, 5.74) is 1.10. The Morgan fingerprint density at radius 1 is 1.28 bits per heavy atom. The summed E-state index contributed by atoms with van der Waals surface area (Å²) >= 11 is 0. The smallest absolute Gasteiger partial charge is 0.324 e. The molecule has 1 amide bonds. The molecule has 0 spiro atoms. The van der Waals surface area contributed by atoms with Crippen molar-refractivity contribution in [3.63, 3.8) is 0 Å². The minimum absolute atomic E-state index is 0.00668. The molecule has 1 aliphatic rings. The Labute approximate surface area is 139 Å². The van der Waals surface area contributed by atoms with Crippen molar-refractivity contribution in [3.8, 4) is 0 Å². The fraction of sp³-hybridized carbons (Fsp3) is 0.312. The van der Waals surface area contributed by atoms with E-state index in [4.69, 9.17) is 0 Å². The summed E-state index contributed by atoms with van der Waals surface area (Å²) in [6.07, 6.45) is -3.71. The molecule has 0 aliphatic heterocycles. The molecule has 0 saturated heterocycles. The number of amides is 1. The number of nitrogens with zero attached hydrogens (tertiary/aromatic N) is 2. The van der Waals surface area contributed by atoms with Crippen molar-refractivity contribution in [2.45, 2.75) is 25.4 Å². The lowest BCUT2D eigenvalue weighted by Gasteiger charge is -2.21. The molecule has 130 valence electrons. The highest BCUT2D eigenvalue weighted by Crippen LogP contribution is 2.36. The van der Waals surface area contributed by atoms with Gasteiger partial charge < -0.3 is 4.98 Å². The molecule has 0 radical (unpaired) electrons. The first-order valence-electron chi connectivity index (χ1n) is 7.81. The van der Waals surface area contributed by atoms with Gasteiger partial charge in [-0.05, 0) is 31.4 Å². The standard InChI is InChI=1S/C16H14F3N5O/c17-16(18,19)13-9-7-8(5-6-10(9)23-24-13)14(25)22-15-20-11-3-1-2-4-12(11)21-15/h1-4,8H,5-7H2,(H,23,24)(H2,20,21,22,25). The van der Waals surface area contributed by atoms with Gasteiger partial charge in [-0.3, -0.25) is 15.2 Å². The lowest BCUT2D eigenvalue weighted by atomic mass is 9.85. The fourth-order valence-electron chi connectivity index (χ4n) is 3.18. The van der Waals surface area contributed by atoms with Gasteiger partial charge in [0.2, 0.25) is 11.9 Å². The third kappa shape index (κ3) is 2.86. The molecule has 0 saturated carbocycles. The Morgan fingerprint density at radius 3 is 2.84 bits per heavy atom. The van der Waals surface area contributed by atoms with E-state index in [1.807, 2.05) is 18.2 Å². The van der Waals surface area contributed by atoms with Crippen LogP contribution in [0.15, 0.2) is 24.3 Å². The molecule has 1 aliphatic carbocycles. The summed E-state index contributed by atoms with van der Waals surface area (Å²) in [6, 6.07) is 7.29. The maximum Gasteiger partial charge on any atom is 0.435 e. The minimum Gasteiger partial charge on any atom is -0.324 e. The molecule has 2 aromatic heterocycles. The van der Waals surface area contributed by atoms with Crippen LogP contribution in [0.4, 0.5) is 19.1 Å². The van der Waals surface area contributed by atoms with E-state index in [1.54, 1.807) is 6.07 Å². The van der Waals surface area contributed by atoms with Gasteiger partial charge in [-0.1, -0.05) is 12.1 Å². The number of aromatic amines is 2. The Morgan fingerprint density at radius 2 is 2.08 bits per heavy atom. The Bertz CT molecular complexity index is 910. The Balaban J connectivity index is 1.53. The van der Waals surface area contributed by atoms with Crippen LogP contribution in [0.25, 0.3) is 11.0 Å². The van der Waals surface area contributed by atoms with Crippen LogP contribution in [0.2, 0.25) is 0 Å². The van der Waals surface area contributed by atoms with Crippen LogP contribution in [0, 0.1) is 5.92 Å². The summed E-state index contributed by atoms with van der Waals surface area (Å²) in [7, 11) is 0. The number of aromatic nitrogens is 4. The summed E-state index contributed by atoms with van der Waals surface area (Å²) in [4.78, 5) is 19.7. The first-order valence-corrected chi connectivity index (χ1v) is 7.81. The van der Waals surface area contributed by atoms with Crippen molar-refractivity contribution in [1.29, 1.82) is 0 Å². The fourth-order valence-corrected chi connectivity index (χ4v) is 3.18. The van der Waals surface area contributed by atoms with Crippen LogP contribution < -0.4 is 5.32 Å². The van der Waals surface area contributed by atoms with Gasteiger partial charge in [-0.15, -0.1) is 0 Å². The van der Waals surface area contributed by atoms with E-state index in [2.05, 4.69) is 25.5 Å². The normalized spacial score (nSPS) is 17.5. The number of aryl methyl sites for hydroxylation is 1. The van der Waals surface area contributed by atoms with Gasteiger partial charge in [0.15, 0.2) is 5.69 Å². The Kier molecular flexibility index (Phi) is 3.52. The number of imidazole rings is 1. The molecule has 0 fully saturated rings. The second kappa shape index (κ2) is 5.61.